The first-order chi connectivity index (χ1) is 13.7. The van der Waals surface area contributed by atoms with Gasteiger partial charge < -0.3 is 13.6 Å². The number of benzene rings is 2. The fourth-order valence-electron chi connectivity index (χ4n) is 3.87. The Morgan fingerprint density at radius 2 is 0.931 bits per heavy atom. The van der Waals surface area contributed by atoms with E-state index in [2.05, 4.69) is 50.5 Å². The zero-order valence-electron chi connectivity index (χ0n) is 19.1. The number of methoxy groups -OCH3 is 2. The minimum absolute atomic E-state index is 0.925. The van der Waals surface area contributed by atoms with Crippen molar-refractivity contribution in [3.63, 3.8) is 0 Å². The topological polar surface area (TPSA) is 27.7 Å². The van der Waals surface area contributed by atoms with Crippen LogP contribution in [0.5, 0.6) is 11.5 Å². The Morgan fingerprint density at radius 3 is 1.24 bits per heavy atom. The molecule has 0 unspecified atom stereocenters. The first-order valence-electron chi connectivity index (χ1n) is 10.7. The van der Waals surface area contributed by atoms with E-state index < -0.39 is 16.6 Å². The van der Waals surface area contributed by atoms with Crippen LogP contribution in [0.4, 0.5) is 0 Å². The highest BCUT2D eigenvalue weighted by Crippen LogP contribution is 2.26. The zero-order chi connectivity index (χ0) is 21.3. The summed E-state index contributed by atoms with van der Waals surface area (Å²) in [6.07, 6.45) is 4.62. The summed E-state index contributed by atoms with van der Waals surface area (Å²) in [6, 6.07) is 19.3. The maximum absolute atomic E-state index is 6.81. The molecule has 0 heterocycles. The van der Waals surface area contributed by atoms with Gasteiger partial charge in [-0.05, 0) is 99.4 Å². The van der Waals surface area contributed by atoms with Crippen LogP contribution in [0.15, 0.2) is 48.5 Å². The monoisotopic (exact) mass is 430 g/mol. The molecule has 29 heavy (non-hydrogen) atoms. The molecule has 5 heteroatoms. The van der Waals surface area contributed by atoms with Crippen molar-refractivity contribution in [3.8, 4) is 11.5 Å². The summed E-state index contributed by atoms with van der Waals surface area (Å²) in [6.45, 7) is 9.55. The van der Waals surface area contributed by atoms with E-state index in [1.807, 2.05) is 24.3 Å². The Hall–Kier alpha value is -1.57. The lowest BCUT2D eigenvalue weighted by atomic mass is 10.1. The average molecular weight is 431 g/mol. The van der Waals surface area contributed by atoms with Gasteiger partial charge in [-0.1, -0.05) is 24.3 Å². The second-order valence-electron chi connectivity index (χ2n) is 9.02. The normalized spacial score (nSPS) is 12.1. The number of aryl methyl sites for hydroxylation is 2. The second-order valence-corrected chi connectivity index (χ2v) is 17.9. The van der Waals surface area contributed by atoms with Crippen molar-refractivity contribution in [2.45, 2.75) is 64.0 Å². The Morgan fingerprint density at radius 1 is 0.586 bits per heavy atom. The second kappa shape index (κ2) is 11.0. The minimum atomic E-state index is -1.63. The van der Waals surface area contributed by atoms with Crippen molar-refractivity contribution >= 4 is 16.6 Å². The van der Waals surface area contributed by atoms with Crippen molar-refractivity contribution in [1.82, 2.24) is 0 Å². The van der Waals surface area contributed by atoms with Gasteiger partial charge in [0.05, 0.1) is 14.2 Å². The Bertz CT molecular complexity index is 661. The van der Waals surface area contributed by atoms with Crippen LogP contribution in [0.25, 0.3) is 0 Å². The number of hydrogen-bond acceptors (Lipinski definition) is 3. The van der Waals surface area contributed by atoms with E-state index in [1.54, 1.807) is 14.2 Å². The summed E-state index contributed by atoms with van der Waals surface area (Å²) in [5.41, 5.74) is 2.76. The van der Waals surface area contributed by atoms with Crippen molar-refractivity contribution in [2.24, 2.45) is 0 Å². The minimum Gasteiger partial charge on any atom is -0.497 e. The summed E-state index contributed by atoms with van der Waals surface area (Å²) >= 11 is 0. The van der Waals surface area contributed by atoms with Crippen molar-refractivity contribution in [3.05, 3.63) is 59.7 Å². The third-order valence-electron chi connectivity index (χ3n) is 5.36. The molecule has 3 nitrogen and oxygen atoms in total. The van der Waals surface area contributed by atoms with Gasteiger partial charge >= 0.3 is 0 Å². The van der Waals surface area contributed by atoms with Crippen molar-refractivity contribution in [2.75, 3.05) is 14.2 Å². The molecule has 0 bridgehead atoms. The Kier molecular flexibility index (Phi) is 8.99. The van der Waals surface area contributed by atoms with Crippen LogP contribution in [0.3, 0.4) is 0 Å². The van der Waals surface area contributed by atoms with Crippen LogP contribution in [0.2, 0.25) is 38.3 Å². The molecule has 0 N–H and O–H groups in total. The molecule has 0 saturated carbocycles. The molecule has 160 valence electrons. The van der Waals surface area contributed by atoms with Crippen LogP contribution in [-0.4, -0.2) is 30.9 Å². The van der Waals surface area contributed by atoms with Crippen molar-refractivity contribution < 1.29 is 13.6 Å². The molecule has 0 aliphatic heterocycles. The summed E-state index contributed by atoms with van der Waals surface area (Å²) < 4.78 is 17.3. The fraction of sp³-hybridized carbons (Fsp3) is 0.500. The van der Waals surface area contributed by atoms with E-state index in [-0.39, 0.29) is 0 Å². The van der Waals surface area contributed by atoms with Gasteiger partial charge in [0.25, 0.3) is 0 Å². The molecular weight excluding hydrogens is 392 g/mol. The van der Waals surface area contributed by atoms with Gasteiger partial charge in [-0.2, -0.15) is 0 Å². The van der Waals surface area contributed by atoms with Crippen LogP contribution >= 0.6 is 0 Å². The van der Waals surface area contributed by atoms with Crippen LogP contribution in [-0.2, 0) is 17.0 Å². The number of hydrogen-bond donors (Lipinski definition) is 0. The van der Waals surface area contributed by atoms with Gasteiger partial charge in [0.1, 0.15) is 11.5 Å². The fourth-order valence-corrected chi connectivity index (χ4v) is 12.7. The smallest absolute Gasteiger partial charge is 0.173 e. The van der Waals surface area contributed by atoms with Gasteiger partial charge in [-0.25, -0.2) is 0 Å². The first kappa shape index (κ1) is 23.7. The molecule has 0 aliphatic rings. The van der Waals surface area contributed by atoms with Crippen molar-refractivity contribution in [1.29, 1.82) is 0 Å². The predicted octanol–water partition coefficient (Wildman–Crippen LogP) is 6.70. The summed E-state index contributed by atoms with van der Waals surface area (Å²) in [7, 11) is 0.160. The lowest BCUT2D eigenvalue weighted by molar-refractivity contribution is 0.414. The molecule has 0 radical (unpaired) electrons. The summed E-state index contributed by atoms with van der Waals surface area (Å²) in [5.74, 6) is 1.85. The molecule has 0 aromatic heterocycles. The van der Waals surface area contributed by atoms with Crippen LogP contribution in [0, 0.1) is 0 Å². The molecule has 0 saturated heterocycles. The third kappa shape index (κ3) is 8.76. The average Bonchev–Trinajstić information content (AvgIpc) is 2.68. The Balaban J connectivity index is 1.74. The van der Waals surface area contributed by atoms with E-state index >= 15 is 0 Å². The summed E-state index contributed by atoms with van der Waals surface area (Å²) in [5, 5.41) is 0. The molecule has 2 aromatic carbocycles. The van der Waals surface area contributed by atoms with Gasteiger partial charge in [0, 0.05) is 0 Å². The highest BCUT2D eigenvalue weighted by Gasteiger charge is 2.32. The highest BCUT2D eigenvalue weighted by molar-refractivity contribution is 6.84. The van der Waals surface area contributed by atoms with E-state index in [0.29, 0.717) is 0 Å². The predicted molar refractivity (Wildman–Crippen MR) is 128 cm³/mol. The van der Waals surface area contributed by atoms with Crippen LogP contribution < -0.4 is 9.47 Å². The van der Waals surface area contributed by atoms with E-state index in [9.17, 15) is 0 Å². The molecule has 0 amide bonds. The standard InChI is InChI=1S/C24H38O3Si2/c1-25-23-15-11-21(12-16-23)9-7-19-28(3,4)27-29(5,6)20-8-10-22-13-17-24(26-2)18-14-22/h11-18H,7-10,19-20H2,1-6H3. The molecule has 2 rings (SSSR count). The quantitative estimate of drug-likeness (QED) is 0.351. The lowest BCUT2D eigenvalue weighted by Crippen LogP contribution is -2.44. The van der Waals surface area contributed by atoms with E-state index in [4.69, 9.17) is 13.6 Å². The van der Waals surface area contributed by atoms with E-state index in [1.165, 1.54) is 36.1 Å². The van der Waals surface area contributed by atoms with Gasteiger partial charge in [-0.3, -0.25) is 0 Å². The lowest BCUT2D eigenvalue weighted by Gasteiger charge is -2.34. The molecule has 0 aliphatic carbocycles. The molecular formula is C24H38O3Si2. The SMILES string of the molecule is COc1ccc(CCC[Si](C)(C)O[Si](C)(C)CCCc2ccc(OC)cc2)cc1. The van der Waals surface area contributed by atoms with Crippen LogP contribution in [0.1, 0.15) is 24.0 Å². The first-order valence-corrected chi connectivity index (χ1v) is 16.9. The molecule has 0 spiro atoms. The number of rotatable bonds is 12. The number of ether oxygens (including phenoxy) is 2. The maximum atomic E-state index is 6.81. The van der Waals surface area contributed by atoms with Gasteiger partial charge in [-0.15, -0.1) is 0 Å². The third-order valence-corrected chi connectivity index (χ3v) is 12.9. The van der Waals surface area contributed by atoms with E-state index in [0.717, 1.165) is 24.3 Å². The zero-order valence-corrected chi connectivity index (χ0v) is 21.1. The Labute approximate surface area is 179 Å². The molecule has 0 atom stereocenters. The van der Waals surface area contributed by atoms with Gasteiger partial charge in [0.15, 0.2) is 16.6 Å². The maximum Gasteiger partial charge on any atom is 0.173 e. The highest BCUT2D eigenvalue weighted by atomic mass is 28.4. The molecule has 0 fully saturated rings. The summed E-state index contributed by atoms with van der Waals surface area (Å²) in [4.78, 5) is 0. The largest absolute Gasteiger partial charge is 0.497 e. The molecule has 2 aromatic rings. The van der Waals surface area contributed by atoms with Gasteiger partial charge in [0.2, 0.25) is 0 Å².